The highest BCUT2D eigenvalue weighted by molar-refractivity contribution is 5.05. The van der Waals surface area contributed by atoms with Crippen LogP contribution in [0.2, 0.25) is 0 Å². The monoisotopic (exact) mass is 339 g/mol. The number of nitrogens with zero attached hydrogens (tertiary/aromatic N) is 2. The van der Waals surface area contributed by atoms with Gasteiger partial charge in [-0.25, -0.2) is 0 Å². The van der Waals surface area contributed by atoms with Crippen LogP contribution in [0.25, 0.3) is 0 Å². The van der Waals surface area contributed by atoms with E-state index >= 15 is 0 Å². The first-order chi connectivity index (χ1) is 12.3. The van der Waals surface area contributed by atoms with Gasteiger partial charge in [-0.3, -0.25) is 0 Å². The van der Waals surface area contributed by atoms with E-state index in [4.69, 9.17) is 0 Å². The van der Waals surface area contributed by atoms with Gasteiger partial charge in [0, 0.05) is 0 Å². The minimum atomic E-state index is 0.361. The molecular weight excluding hydrogens is 306 g/mol. The molecule has 0 aromatic heterocycles. The predicted molar refractivity (Wildman–Crippen MR) is 98.2 cm³/mol. The van der Waals surface area contributed by atoms with Crippen molar-refractivity contribution in [2.24, 2.45) is 47.3 Å². The van der Waals surface area contributed by atoms with Crippen molar-refractivity contribution in [2.45, 2.75) is 64.2 Å². The van der Waals surface area contributed by atoms with Crippen molar-refractivity contribution in [3.05, 3.63) is 0 Å². The summed E-state index contributed by atoms with van der Waals surface area (Å²) in [5.74, 6) is 5.27. The number of nitriles is 2. The van der Waals surface area contributed by atoms with E-state index < -0.39 is 0 Å². The molecule has 0 spiro atoms. The largest absolute Gasteiger partial charge is 0.317 e. The Morgan fingerprint density at radius 2 is 1.12 bits per heavy atom. The Kier molecular flexibility index (Phi) is 5.33. The van der Waals surface area contributed by atoms with Gasteiger partial charge in [0.2, 0.25) is 0 Å². The Labute approximate surface area is 153 Å². The highest BCUT2D eigenvalue weighted by atomic mass is 14.8. The van der Waals surface area contributed by atoms with Crippen LogP contribution in [0.1, 0.15) is 64.2 Å². The minimum Gasteiger partial charge on any atom is -0.317 e. The van der Waals surface area contributed by atoms with Gasteiger partial charge in [0.25, 0.3) is 0 Å². The van der Waals surface area contributed by atoms with Crippen molar-refractivity contribution < 1.29 is 0 Å². The molecule has 8 unspecified atom stereocenters. The Morgan fingerprint density at radius 1 is 0.680 bits per heavy atom. The van der Waals surface area contributed by atoms with Crippen LogP contribution in [0.15, 0.2) is 0 Å². The van der Waals surface area contributed by atoms with Crippen LogP contribution in [-0.2, 0) is 0 Å². The van der Waals surface area contributed by atoms with Crippen LogP contribution < -0.4 is 5.32 Å². The summed E-state index contributed by atoms with van der Waals surface area (Å²) in [6, 6.07) is 5.23. The van der Waals surface area contributed by atoms with Crippen LogP contribution in [0.4, 0.5) is 0 Å². The number of rotatable bonds is 8. The van der Waals surface area contributed by atoms with Gasteiger partial charge < -0.3 is 5.32 Å². The highest BCUT2D eigenvalue weighted by Crippen LogP contribution is 2.54. The molecule has 0 heterocycles. The number of hydrogen-bond donors (Lipinski definition) is 1. The average Bonchev–Trinajstić information content (AvgIpc) is 3.40. The zero-order valence-electron chi connectivity index (χ0n) is 15.5. The maximum Gasteiger partial charge on any atom is 0.0661 e. The summed E-state index contributed by atoms with van der Waals surface area (Å²) in [6.45, 7) is 2.20. The third-order valence-corrected chi connectivity index (χ3v) is 8.26. The van der Waals surface area contributed by atoms with Gasteiger partial charge in [-0.05, 0) is 113 Å². The van der Waals surface area contributed by atoms with E-state index in [0.29, 0.717) is 23.7 Å². The quantitative estimate of drug-likeness (QED) is 0.662. The van der Waals surface area contributed by atoms with E-state index in [1.54, 1.807) is 0 Å². The molecule has 0 aliphatic heterocycles. The van der Waals surface area contributed by atoms with Gasteiger partial charge in [-0.2, -0.15) is 10.5 Å². The molecule has 4 rings (SSSR count). The predicted octanol–water partition coefficient (Wildman–Crippen LogP) is 4.51. The molecule has 3 nitrogen and oxygen atoms in total. The smallest absolute Gasteiger partial charge is 0.0661 e. The number of hydrogen-bond acceptors (Lipinski definition) is 3. The van der Waals surface area contributed by atoms with Gasteiger partial charge in [-0.1, -0.05) is 0 Å². The Hall–Kier alpha value is -1.06. The third kappa shape index (κ3) is 3.33. The van der Waals surface area contributed by atoms with Crippen molar-refractivity contribution in [1.82, 2.24) is 5.32 Å². The van der Waals surface area contributed by atoms with E-state index in [1.165, 1.54) is 64.2 Å². The fourth-order valence-corrected chi connectivity index (χ4v) is 7.10. The first kappa shape index (κ1) is 17.4. The molecule has 25 heavy (non-hydrogen) atoms. The molecule has 4 bridgehead atoms. The molecule has 1 N–H and O–H groups in total. The molecule has 4 fully saturated rings. The molecule has 136 valence electrons. The second-order valence-electron chi connectivity index (χ2n) is 9.34. The van der Waals surface area contributed by atoms with Crippen LogP contribution in [-0.4, -0.2) is 13.1 Å². The third-order valence-electron chi connectivity index (χ3n) is 8.26. The lowest BCUT2D eigenvalue weighted by atomic mass is 9.77. The molecule has 3 heteroatoms. The van der Waals surface area contributed by atoms with Crippen LogP contribution >= 0.6 is 0 Å². The van der Waals surface area contributed by atoms with Crippen molar-refractivity contribution in [3.8, 4) is 12.1 Å². The van der Waals surface area contributed by atoms with E-state index in [1.807, 2.05) is 0 Å². The van der Waals surface area contributed by atoms with Crippen molar-refractivity contribution >= 4 is 0 Å². The fraction of sp³-hybridized carbons (Fsp3) is 0.909. The lowest BCUT2D eigenvalue weighted by molar-refractivity contribution is 0.247. The SMILES string of the molecule is N#CC1C2CCC(C2)C1CCCNCCCC1C2CCC(C2)C1C#N. The zero-order chi connectivity index (χ0) is 17.2. The van der Waals surface area contributed by atoms with E-state index in [-0.39, 0.29) is 0 Å². The molecule has 8 atom stereocenters. The topological polar surface area (TPSA) is 59.6 Å². The van der Waals surface area contributed by atoms with Gasteiger partial charge >= 0.3 is 0 Å². The summed E-state index contributed by atoms with van der Waals surface area (Å²) in [4.78, 5) is 0. The fourth-order valence-electron chi connectivity index (χ4n) is 7.10. The molecular formula is C22H33N3. The average molecular weight is 340 g/mol. The Morgan fingerprint density at radius 3 is 1.56 bits per heavy atom. The van der Waals surface area contributed by atoms with Crippen molar-refractivity contribution in [2.75, 3.05) is 13.1 Å². The summed E-state index contributed by atoms with van der Waals surface area (Å²) < 4.78 is 0. The zero-order valence-corrected chi connectivity index (χ0v) is 15.5. The lowest BCUT2D eigenvalue weighted by Crippen LogP contribution is -2.25. The van der Waals surface area contributed by atoms with Gasteiger partial charge in [0.05, 0.1) is 24.0 Å². The highest BCUT2D eigenvalue weighted by Gasteiger charge is 2.47. The molecule has 4 aliphatic carbocycles. The molecule has 0 aromatic rings. The van der Waals surface area contributed by atoms with Gasteiger partial charge in [0.1, 0.15) is 0 Å². The standard InChI is InChI=1S/C22H33N3/c23-13-21-17-7-5-15(11-17)19(21)3-1-9-25-10-2-4-20-16-6-8-18(12-16)22(20)14-24/h15-22,25H,1-12H2. The molecule has 0 radical (unpaired) electrons. The van der Waals surface area contributed by atoms with Crippen LogP contribution in [0.5, 0.6) is 0 Å². The Bertz CT molecular complexity index is 496. The maximum atomic E-state index is 9.43. The summed E-state index contributed by atoms with van der Waals surface area (Å²) in [7, 11) is 0. The number of fused-ring (bicyclic) bond motifs is 4. The summed E-state index contributed by atoms with van der Waals surface area (Å²) in [6.07, 6.45) is 13.0. The Balaban J connectivity index is 1.09. The normalized spacial score (nSPS) is 44.1. The lowest BCUT2D eigenvalue weighted by Gasteiger charge is -2.26. The summed E-state index contributed by atoms with van der Waals surface area (Å²) in [5.41, 5.74) is 0. The summed E-state index contributed by atoms with van der Waals surface area (Å²) >= 11 is 0. The van der Waals surface area contributed by atoms with E-state index in [2.05, 4.69) is 17.5 Å². The van der Waals surface area contributed by atoms with Crippen LogP contribution in [0.3, 0.4) is 0 Å². The van der Waals surface area contributed by atoms with Gasteiger partial charge in [0.15, 0.2) is 0 Å². The first-order valence-corrected chi connectivity index (χ1v) is 10.8. The van der Waals surface area contributed by atoms with Crippen molar-refractivity contribution in [3.63, 3.8) is 0 Å². The van der Waals surface area contributed by atoms with Crippen molar-refractivity contribution in [1.29, 1.82) is 10.5 Å². The molecule has 0 aromatic carbocycles. The van der Waals surface area contributed by atoms with E-state index in [9.17, 15) is 10.5 Å². The minimum absolute atomic E-state index is 0.361. The van der Waals surface area contributed by atoms with E-state index in [0.717, 1.165) is 36.8 Å². The van der Waals surface area contributed by atoms with Gasteiger partial charge in [-0.15, -0.1) is 0 Å². The second-order valence-corrected chi connectivity index (χ2v) is 9.34. The molecule has 0 saturated heterocycles. The summed E-state index contributed by atoms with van der Waals surface area (Å²) in [5, 5.41) is 22.5. The van der Waals surface area contributed by atoms with Crippen LogP contribution in [0, 0.1) is 70.0 Å². The maximum absolute atomic E-state index is 9.43. The second kappa shape index (κ2) is 7.67. The molecule has 4 saturated carbocycles. The molecule has 4 aliphatic rings. The first-order valence-electron chi connectivity index (χ1n) is 10.8. The number of nitrogens with one attached hydrogen (secondary N) is 1. The molecule has 0 amide bonds.